The summed E-state index contributed by atoms with van der Waals surface area (Å²) in [5.41, 5.74) is 0.471. The van der Waals surface area contributed by atoms with Crippen LogP contribution in [-0.2, 0) is 6.54 Å². The summed E-state index contributed by atoms with van der Waals surface area (Å²) < 4.78 is 1.85. The average Bonchev–Trinajstić information content (AvgIpc) is 2.97. The smallest absolute Gasteiger partial charge is 0.200 e. The average molecular weight is 249 g/mol. The molecule has 0 bridgehead atoms. The molecule has 1 fully saturated rings. The van der Waals surface area contributed by atoms with E-state index in [0.29, 0.717) is 0 Å². The van der Waals surface area contributed by atoms with Crippen LogP contribution in [0.4, 0.5) is 0 Å². The minimum atomic E-state index is -0.300. The van der Waals surface area contributed by atoms with E-state index >= 15 is 0 Å². The van der Waals surface area contributed by atoms with Gasteiger partial charge in [-0.1, -0.05) is 19.8 Å². The fourth-order valence-electron chi connectivity index (χ4n) is 2.99. The van der Waals surface area contributed by atoms with Crippen molar-refractivity contribution in [2.45, 2.75) is 51.1 Å². The third-order valence-electron chi connectivity index (χ3n) is 4.09. The van der Waals surface area contributed by atoms with E-state index in [1.54, 1.807) is 6.20 Å². The van der Waals surface area contributed by atoms with Gasteiger partial charge in [0.2, 0.25) is 5.78 Å². The van der Waals surface area contributed by atoms with Gasteiger partial charge in [0.1, 0.15) is 5.69 Å². The molecule has 1 aliphatic rings. The topological polar surface area (TPSA) is 38.1 Å². The summed E-state index contributed by atoms with van der Waals surface area (Å²) >= 11 is 0. The predicted molar refractivity (Wildman–Crippen MR) is 71.7 cm³/mol. The van der Waals surface area contributed by atoms with Crippen molar-refractivity contribution in [3.63, 3.8) is 0 Å². The molecule has 2 rings (SSSR count). The summed E-state index contributed by atoms with van der Waals surface area (Å²) in [6, 6.07) is 1.86. The van der Waals surface area contributed by atoms with Gasteiger partial charge >= 0.3 is 0 Å². The van der Waals surface area contributed by atoms with E-state index in [1.165, 1.54) is 0 Å². The van der Waals surface area contributed by atoms with Crippen LogP contribution in [0.1, 0.15) is 49.5 Å². The molecular formula is C14H23N3O. The van der Waals surface area contributed by atoms with E-state index in [4.69, 9.17) is 0 Å². The summed E-state index contributed by atoms with van der Waals surface area (Å²) in [5.74, 6) is 0.246. The predicted octanol–water partition coefficient (Wildman–Crippen LogP) is 2.35. The van der Waals surface area contributed by atoms with Gasteiger partial charge in [-0.25, -0.2) is 0 Å². The maximum absolute atomic E-state index is 12.9. The minimum Gasteiger partial charge on any atom is -0.297 e. The van der Waals surface area contributed by atoms with Crippen molar-refractivity contribution in [1.82, 2.24) is 14.7 Å². The highest BCUT2D eigenvalue weighted by Crippen LogP contribution is 2.36. The highest BCUT2D eigenvalue weighted by molar-refractivity contribution is 6.02. The van der Waals surface area contributed by atoms with Crippen LogP contribution in [0.2, 0.25) is 0 Å². The lowest BCUT2D eigenvalue weighted by Gasteiger charge is -2.34. The fraction of sp³-hybridized carbons (Fsp3) is 0.714. The second-order valence-corrected chi connectivity index (χ2v) is 5.40. The normalized spacial score (nSPS) is 18.4. The molecule has 0 unspecified atom stereocenters. The largest absolute Gasteiger partial charge is 0.297 e. The van der Waals surface area contributed by atoms with Crippen LogP contribution < -0.4 is 0 Å². The lowest BCUT2D eigenvalue weighted by molar-refractivity contribution is 0.0681. The minimum absolute atomic E-state index is 0.246. The Bertz CT molecular complexity index is 416. The lowest BCUT2D eigenvalue weighted by atomic mass is 9.88. The van der Waals surface area contributed by atoms with E-state index in [1.807, 2.05) is 24.8 Å². The fourth-order valence-corrected chi connectivity index (χ4v) is 2.99. The van der Waals surface area contributed by atoms with E-state index in [-0.39, 0.29) is 11.3 Å². The molecule has 0 saturated heterocycles. The quantitative estimate of drug-likeness (QED) is 0.752. The summed E-state index contributed by atoms with van der Waals surface area (Å²) in [6.07, 6.45) is 6.96. The first kappa shape index (κ1) is 13.3. The Morgan fingerprint density at radius 1 is 1.44 bits per heavy atom. The SMILES string of the molecule is CCCn1nccc1C(=O)C1(N(C)C)CCCC1. The van der Waals surface area contributed by atoms with Crippen molar-refractivity contribution >= 4 is 5.78 Å². The van der Waals surface area contributed by atoms with E-state index in [9.17, 15) is 4.79 Å². The molecule has 0 N–H and O–H groups in total. The molecule has 1 saturated carbocycles. The van der Waals surface area contributed by atoms with E-state index < -0.39 is 0 Å². The Labute approximate surface area is 109 Å². The number of nitrogens with zero attached hydrogens (tertiary/aromatic N) is 3. The Balaban J connectivity index is 2.31. The van der Waals surface area contributed by atoms with Gasteiger partial charge in [0, 0.05) is 12.7 Å². The molecule has 100 valence electrons. The van der Waals surface area contributed by atoms with Crippen LogP contribution >= 0.6 is 0 Å². The third-order valence-corrected chi connectivity index (χ3v) is 4.09. The first-order chi connectivity index (χ1) is 8.62. The molecule has 0 amide bonds. The number of carbonyl (C=O) groups excluding carboxylic acids is 1. The molecule has 1 aliphatic carbocycles. The Hall–Kier alpha value is -1.16. The monoisotopic (exact) mass is 249 g/mol. The molecule has 0 aliphatic heterocycles. The number of Topliss-reactive ketones (excluding diaryl/α,β-unsaturated/α-hetero) is 1. The van der Waals surface area contributed by atoms with Gasteiger partial charge in [-0.05, 0) is 39.4 Å². The summed E-state index contributed by atoms with van der Waals surface area (Å²) in [6.45, 7) is 2.92. The number of carbonyl (C=O) groups is 1. The Kier molecular flexibility index (Phi) is 3.85. The maximum atomic E-state index is 12.9. The number of rotatable bonds is 5. The molecule has 0 aromatic carbocycles. The lowest BCUT2D eigenvalue weighted by Crippen LogP contribution is -2.49. The van der Waals surface area contributed by atoms with Crippen molar-refractivity contribution < 1.29 is 4.79 Å². The highest BCUT2D eigenvalue weighted by Gasteiger charge is 2.44. The van der Waals surface area contributed by atoms with E-state index in [2.05, 4.69) is 16.9 Å². The van der Waals surface area contributed by atoms with Gasteiger partial charge in [-0.15, -0.1) is 0 Å². The molecule has 4 heteroatoms. The molecule has 4 nitrogen and oxygen atoms in total. The third kappa shape index (κ3) is 2.09. The number of hydrogen-bond donors (Lipinski definition) is 0. The second kappa shape index (κ2) is 5.22. The molecule has 0 atom stereocenters. The zero-order chi connectivity index (χ0) is 13.2. The summed E-state index contributed by atoms with van der Waals surface area (Å²) in [4.78, 5) is 15.0. The van der Waals surface area contributed by atoms with Gasteiger partial charge in [0.25, 0.3) is 0 Å². The number of likely N-dealkylation sites (N-methyl/N-ethyl adjacent to an activating group) is 1. The van der Waals surface area contributed by atoms with Crippen LogP contribution in [0, 0.1) is 0 Å². The van der Waals surface area contributed by atoms with Crippen LogP contribution in [0.5, 0.6) is 0 Å². The van der Waals surface area contributed by atoms with Crippen molar-refractivity contribution in [2.24, 2.45) is 0 Å². The Morgan fingerprint density at radius 3 is 2.67 bits per heavy atom. The number of aryl methyl sites for hydroxylation is 1. The van der Waals surface area contributed by atoms with Gasteiger partial charge in [-0.2, -0.15) is 5.10 Å². The van der Waals surface area contributed by atoms with Crippen LogP contribution in [0.25, 0.3) is 0 Å². The first-order valence-corrected chi connectivity index (χ1v) is 6.86. The summed E-state index contributed by atoms with van der Waals surface area (Å²) in [5, 5.41) is 4.27. The number of ketones is 1. The molecule has 1 aromatic heterocycles. The molecule has 0 spiro atoms. The van der Waals surface area contributed by atoms with Crippen LogP contribution in [-0.4, -0.2) is 40.1 Å². The summed E-state index contributed by atoms with van der Waals surface area (Å²) in [7, 11) is 4.04. The van der Waals surface area contributed by atoms with Gasteiger partial charge < -0.3 is 0 Å². The van der Waals surface area contributed by atoms with E-state index in [0.717, 1.165) is 44.3 Å². The van der Waals surface area contributed by atoms with Gasteiger partial charge in [-0.3, -0.25) is 14.4 Å². The van der Waals surface area contributed by atoms with Crippen molar-refractivity contribution in [3.8, 4) is 0 Å². The molecule has 1 aromatic rings. The highest BCUT2D eigenvalue weighted by atomic mass is 16.1. The molecular weight excluding hydrogens is 226 g/mol. The Morgan fingerprint density at radius 2 is 2.11 bits per heavy atom. The molecule has 1 heterocycles. The van der Waals surface area contributed by atoms with Crippen molar-refractivity contribution in [3.05, 3.63) is 18.0 Å². The zero-order valence-corrected chi connectivity index (χ0v) is 11.6. The molecule has 18 heavy (non-hydrogen) atoms. The van der Waals surface area contributed by atoms with Crippen molar-refractivity contribution in [2.75, 3.05) is 14.1 Å². The zero-order valence-electron chi connectivity index (χ0n) is 11.6. The number of hydrogen-bond acceptors (Lipinski definition) is 3. The second-order valence-electron chi connectivity index (χ2n) is 5.40. The maximum Gasteiger partial charge on any atom is 0.200 e. The van der Waals surface area contributed by atoms with Crippen LogP contribution in [0.3, 0.4) is 0 Å². The van der Waals surface area contributed by atoms with Gasteiger partial charge in [0.05, 0.1) is 5.54 Å². The van der Waals surface area contributed by atoms with Crippen molar-refractivity contribution in [1.29, 1.82) is 0 Å². The first-order valence-electron chi connectivity index (χ1n) is 6.86. The van der Waals surface area contributed by atoms with Crippen LogP contribution in [0.15, 0.2) is 12.3 Å². The standard InChI is InChI=1S/C14H23N3O/c1-4-11-17-12(7-10-15-17)13(18)14(16(2)3)8-5-6-9-14/h7,10H,4-6,8-9,11H2,1-3H3. The molecule has 0 radical (unpaired) electrons. The number of aromatic nitrogens is 2. The van der Waals surface area contributed by atoms with Gasteiger partial charge in [0.15, 0.2) is 0 Å².